The third-order valence-corrected chi connectivity index (χ3v) is 3.49. The molecule has 0 saturated carbocycles. The fourth-order valence-electron chi connectivity index (χ4n) is 2.15. The highest BCUT2D eigenvalue weighted by atomic mass is 16.5. The van der Waals surface area contributed by atoms with E-state index in [1.807, 2.05) is 0 Å². The first-order chi connectivity index (χ1) is 9.45. The minimum atomic E-state index is -0.582. The normalized spacial score (nSPS) is 17.9. The second-order valence-corrected chi connectivity index (χ2v) is 5.27. The molecular weight excluding hydrogens is 260 g/mol. The minimum absolute atomic E-state index is 0.0594. The van der Waals surface area contributed by atoms with Gasteiger partial charge >= 0.3 is 0 Å². The van der Waals surface area contributed by atoms with Crippen LogP contribution in [0.4, 0.5) is 0 Å². The molecule has 1 unspecified atom stereocenters. The lowest BCUT2D eigenvalue weighted by Crippen LogP contribution is -2.54. The van der Waals surface area contributed by atoms with Gasteiger partial charge in [0.2, 0.25) is 11.8 Å². The molecule has 1 saturated heterocycles. The molecule has 1 fully saturated rings. The zero-order valence-corrected chi connectivity index (χ0v) is 12.7. The molecule has 7 nitrogen and oxygen atoms in total. The van der Waals surface area contributed by atoms with Crippen molar-refractivity contribution in [3.8, 4) is 0 Å². The Morgan fingerprint density at radius 2 is 1.85 bits per heavy atom. The van der Waals surface area contributed by atoms with E-state index in [0.717, 1.165) is 19.6 Å². The van der Waals surface area contributed by atoms with Crippen molar-refractivity contribution >= 4 is 11.8 Å². The van der Waals surface area contributed by atoms with Crippen LogP contribution in [-0.4, -0.2) is 93.1 Å². The summed E-state index contributed by atoms with van der Waals surface area (Å²) in [6, 6.07) is -0.582. The molecule has 116 valence electrons. The average molecular weight is 286 g/mol. The summed E-state index contributed by atoms with van der Waals surface area (Å²) in [6.45, 7) is 3.87. The number of hydrogen-bond donors (Lipinski definition) is 1. The van der Waals surface area contributed by atoms with Crippen LogP contribution in [0.2, 0.25) is 0 Å². The van der Waals surface area contributed by atoms with Crippen molar-refractivity contribution in [3.63, 3.8) is 0 Å². The number of methoxy groups -OCH3 is 1. The van der Waals surface area contributed by atoms with Gasteiger partial charge in [0, 0.05) is 60.3 Å². The maximum atomic E-state index is 12.0. The molecule has 1 heterocycles. The van der Waals surface area contributed by atoms with Crippen molar-refractivity contribution in [1.82, 2.24) is 14.7 Å². The van der Waals surface area contributed by atoms with E-state index in [-0.39, 0.29) is 18.4 Å². The van der Waals surface area contributed by atoms with Crippen molar-refractivity contribution in [2.45, 2.75) is 12.5 Å². The van der Waals surface area contributed by atoms with Gasteiger partial charge in [-0.1, -0.05) is 0 Å². The Kier molecular flexibility index (Phi) is 6.90. The summed E-state index contributed by atoms with van der Waals surface area (Å²) in [5.41, 5.74) is 5.74. The fourth-order valence-corrected chi connectivity index (χ4v) is 2.15. The summed E-state index contributed by atoms with van der Waals surface area (Å²) in [7, 11) is 5.05. The fraction of sp³-hybridized carbons (Fsp3) is 0.846. The van der Waals surface area contributed by atoms with Crippen LogP contribution in [0.5, 0.6) is 0 Å². The molecule has 0 bridgehead atoms. The van der Waals surface area contributed by atoms with Gasteiger partial charge in [-0.2, -0.15) is 0 Å². The van der Waals surface area contributed by atoms with Crippen LogP contribution in [0.15, 0.2) is 0 Å². The Bertz CT molecular complexity index is 328. The van der Waals surface area contributed by atoms with Gasteiger partial charge in [0.25, 0.3) is 0 Å². The third kappa shape index (κ3) is 5.07. The smallest absolute Gasteiger partial charge is 0.241 e. The SMILES string of the molecule is COCC(N)C(=O)N1CCN(CCC(=O)N(C)C)CC1. The van der Waals surface area contributed by atoms with Crippen LogP contribution in [-0.2, 0) is 14.3 Å². The van der Waals surface area contributed by atoms with Gasteiger partial charge in [0.1, 0.15) is 6.04 Å². The molecule has 0 aromatic heterocycles. The molecule has 2 amide bonds. The summed E-state index contributed by atoms with van der Waals surface area (Å²) < 4.78 is 4.90. The Morgan fingerprint density at radius 3 is 2.35 bits per heavy atom. The lowest BCUT2D eigenvalue weighted by molar-refractivity contribution is -0.136. The molecular formula is C13H26N4O3. The van der Waals surface area contributed by atoms with Crippen molar-refractivity contribution in [3.05, 3.63) is 0 Å². The number of rotatable bonds is 6. The molecule has 1 atom stereocenters. The Balaban J connectivity index is 2.29. The standard InChI is InChI=1S/C13H26N4O3/c1-15(2)12(18)4-5-16-6-8-17(9-7-16)13(19)11(14)10-20-3/h11H,4-10,14H2,1-3H3. The van der Waals surface area contributed by atoms with Gasteiger partial charge < -0.3 is 20.3 Å². The molecule has 2 N–H and O–H groups in total. The molecule has 7 heteroatoms. The monoisotopic (exact) mass is 286 g/mol. The maximum absolute atomic E-state index is 12.0. The molecule has 1 rings (SSSR count). The first-order valence-electron chi connectivity index (χ1n) is 6.91. The largest absolute Gasteiger partial charge is 0.383 e. The second kappa shape index (κ2) is 8.18. The van der Waals surface area contributed by atoms with E-state index in [1.54, 1.807) is 23.9 Å². The molecule has 0 aromatic carbocycles. The first kappa shape index (κ1) is 16.9. The molecule has 0 aromatic rings. The van der Waals surface area contributed by atoms with E-state index < -0.39 is 6.04 Å². The first-order valence-corrected chi connectivity index (χ1v) is 6.91. The minimum Gasteiger partial charge on any atom is -0.383 e. The number of nitrogens with two attached hydrogens (primary N) is 1. The second-order valence-electron chi connectivity index (χ2n) is 5.27. The topological polar surface area (TPSA) is 79.1 Å². The summed E-state index contributed by atoms with van der Waals surface area (Å²) in [6.07, 6.45) is 0.518. The zero-order valence-electron chi connectivity index (χ0n) is 12.7. The number of piperazine rings is 1. The van der Waals surface area contributed by atoms with Gasteiger partial charge in [-0.25, -0.2) is 0 Å². The lowest BCUT2D eigenvalue weighted by Gasteiger charge is -2.35. The van der Waals surface area contributed by atoms with E-state index in [2.05, 4.69) is 4.90 Å². The predicted molar refractivity (Wildman–Crippen MR) is 76.2 cm³/mol. The Hall–Kier alpha value is -1.18. The predicted octanol–water partition coefficient (Wildman–Crippen LogP) is -1.42. The van der Waals surface area contributed by atoms with Gasteiger partial charge in [-0.15, -0.1) is 0 Å². The highest BCUT2D eigenvalue weighted by Crippen LogP contribution is 2.05. The van der Waals surface area contributed by atoms with E-state index in [1.165, 1.54) is 7.11 Å². The van der Waals surface area contributed by atoms with E-state index in [4.69, 9.17) is 10.5 Å². The molecule has 1 aliphatic rings. The maximum Gasteiger partial charge on any atom is 0.241 e. The summed E-state index contributed by atoms with van der Waals surface area (Å²) >= 11 is 0. The third-order valence-electron chi connectivity index (χ3n) is 3.49. The molecule has 0 aliphatic carbocycles. The van der Waals surface area contributed by atoms with Crippen LogP contribution in [0, 0.1) is 0 Å². The number of nitrogens with zero attached hydrogens (tertiary/aromatic N) is 3. The number of ether oxygens (including phenoxy) is 1. The van der Waals surface area contributed by atoms with Crippen LogP contribution < -0.4 is 5.73 Å². The quantitative estimate of drug-likeness (QED) is 0.648. The lowest BCUT2D eigenvalue weighted by atomic mass is 10.2. The highest BCUT2D eigenvalue weighted by Gasteiger charge is 2.25. The average Bonchev–Trinajstić information content (AvgIpc) is 2.44. The van der Waals surface area contributed by atoms with Gasteiger partial charge in [-0.3, -0.25) is 14.5 Å². The highest BCUT2D eigenvalue weighted by molar-refractivity contribution is 5.82. The van der Waals surface area contributed by atoms with E-state index in [9.17, 15) is 9.59 Å². The van der Waals surface area contributed by atoms with Crippen molar-refractivity contribution in [2.75, 3.05) is 60.5 Å². The molecule has 1 aliphatic heterocycles. The van der Waals surface area contributed by atoms with Crippen molar-refractivity contribution in [2.24, 2.45) is 5.73 Å². The Labute approximate surface area is 120 Å². The zero-order chi connectivity index (χ0) is 15.1. The number of amides is 2. The van der Waals surface area contributed by atoms with Gasteiger partial charge in [0.15, 0.2) is 0 Å². The van der Waals surface area contributed by atoms with Gasteiger partial charge in [0.05, 0.1) is 6.61 Å². The molecule has 20 heavy (non-hydrogen) atoms. The van der Waals surface area contributed by atoms with Crippen molar-refractivity contribution < 1.29 is 14.3 Å². The summed E-state index contributed by atoms with van der Waals surface area (Å²) in [4.78, 5) is 29.1. The van der Waals surface area contributed by atoms with Crippen LogP contribution in [0.3, 0.4) is 0 Å². The summed E-state index contributed by atoms with van der Waals surface area (Å²) in [5, 5.41) is 0. The Morgan fingerprint density at radius 1 is 1.25 bits per heavy atom. The molecule has 0 spiro atoms. The van der Waals surface area contributed by atoms with Crippen LogP contribution >= 0.6 is 0 Å². The summed E-state index contributed by atoms with van der Waals surface area (Å²) in [5.74, 6) is 0.0708. The van der Waals surface area contributed by atoms with E-state index >= 15 is 0 Å². The molecule has 0 radical (unpaired) electrons. The van der Waals surface area contributed by atoms with Crippen LogP contribution in [0.25, 0.3) is 0 Å². The number of hydrogen-bond acceptors (Lipinski definition) is 5. The number of carbonyl (C=O) groups excluding carboxylic acids is 2. The van der Waals surface area contributed by atoms with Crippen LogP contribution in [0.1, 0.15) is 6.42 Å². The van der Waals surface area contributed by atoms with E-state index in [0.29, 0.717) is 19.5 Å². The number of carbonyl (C=O) groups is 2. The van der Waals surface area contributed by atoms with Crippen molar-refractivity contribution in [1.29, 1.82) is 0 Å². The van der Waals surface area contributed by atoms with Gasteiger partial charge in [-0.05, 0) is 0 Å².